The summed E-state index contributed by atoms with van der Waals surface area (Å²) >= 11 is 5.95. The summed E-state index contributed by atoms with van der Waals surface area (Å²) in [5.41, 5.74) is 6.65. The molecule has 1 atom stereocenters. The van der Waals surface area contributed by atoms with Crippen LogP contribution in [0.4, 0.5) is 5.69 Å². The molecule has 10 nitrogen and oxygen atoms in total. The lowest BCUT2D eigenvalue weighted by molar-refractivity contribution is -0.139. The molecule has 0 unspecified atom stereocenters. The highest BCUT2D eigenvalue weighted by molar-refractivity contribution is 6.30. The molecule has 3 heterocycles. The maximum Gasteiger partial charge on any atom is 0.261 e. The molecule has 2 aromatic carbocycles. The van der Waals surface area contributed by atoms with Gasteiger partial charge in [-0.15, -0.1) is 0 Å². The van der Waals surface area contributed by atoms with Crippen molar-refractivity contribution in [2.45, 2.75) is 37.5 Å². The molecule has 2 N–H and O–H groups in total. The quantitative estimate of drug-likeness (QED) is 0.471. The number of para-hydroxylation sites is 1. The SMILES string of the molecule is NC(=O)[C@H]1N(CCn2cncn2)C(=O)C2(CCN(C(=O)[CH]Cc3ccc(Cl)cc3)CC2)N1c1ccccc1. The largest absolute Gasteiger partial charge is 0.366 e. The Balaban J connectivity index is 1.35. The lowest BCUT2D eigenvalue weighted by Gasteiger charge is -2.44. The molecular formula is C27H29ClN7O3. The summed E-state index contributed by atoms with van der Waals surface area (Å²) in [5, 5.41) is 4.76. The van der Waals surface area contributed by atoms with Gasteiger partial charge in [0.25, 0.3) is 11.8 Å². The standard InChI is InChI=1S/C27H29ClN7O3/c28-21-9-6-20(7-10-21)8-11-23(36)32-14-12-27(13-15-32)26(38)34(17-16-33-19-30-18-31-33)25(24(29)37)35(27)22-4-2-1-3-5-22/h1-7,9-11,18-19,25H,8,12-17H2,(H2,29,37)/t25-/m0/s1. The van der Waals surface area contributed by atoms with Crippen LogP contribution in [0.25, 0.3) is 0 Å². The third-order valence-electron chi connectivity index (χ3n) is 7.31. The lowest BCUT2D eigenvalue weighted by atomic mass is 9.85. The van der Waals surface area contributed by atoms with Gasteiger partial charge in [0.1, 0.15) is 18.2 Å². The molecule has 1 radical (unpaired) electrons. The van der Waals surface area contributed by atoms with Crippen LogP contribution in [0.15, 0.2) is 67.3 Å². The fourth-order valence-corrected chi connectivity index (χ4v) is 5.53. The van der Waals surface area contributed by atoms with Gasteiger partial charge in [0.05, 0.1) is 13.0 Å². The first-order chi connectivity index (χ1) is 18.4. The Morgan fingerprint density at radius 2 is 1.76 bits per heavy atom. The smallest absolute Gasteiger partial charge is 0.261 e. The van der Waals surface area contributed by atoms with Crippen LogP contribution in [0.2, 0.25) is 5.02 Å². The molecule has 2 aliphatic heterocycles. The minimum atomic E-state index is -0.990. The summed E-state index contributed by atoms with van der Waals surface area (Å²) in [5.74, 6) is -0.851. The number of rotatable bonds is 8. The van der Waals surface area contributed by atoms with E-state index in [1.165, 1.54) is 6.33 Å². The zero-order chi connectivity index (χ0) is 26.7. The van der Waals surface area contributed by atoms with E-state index in [0.29, 0.717) is 43.9 Å². The molecule has 3 amide bonds. The van der Waals surface area contributed by atoms with E-state index in [2.05, 4.69) is 10.1 Å². The van der Waals surface area contributed by atoms with Crippen LogP contribution in [0.3, 0.4) is 0 Å². The van der Waals surface area contributed by atoms with Crippen LogP contribution in [0, 0.1) is 6.42 Å². The molecule has 2 saturated heterocycles. The second kappa shape index (κ2) is 10.8. The fourth-order valence-electron chi connectivity index (χ4n) is 5.40. The number of nitrogens with zero attached hydrogens (tertiary/aromatic N) is 6. The van der Waals surface area contributed by atoms with Crippen LogP contribution in [0.1, 0.15) is 18.4 Å². The number of aromatic nitrogens is 3. The average Bonchev–Trinajstić information content (AvgIpc) is 3.53. The predicted molar refractivity (Wildman–Crippen MR) is 142 cm³/mol. The van der Waals surface area contributed by atoms with Gasteiger partial charge in [0, 0.05) is 30.3 Å². The highest BCUT2D eigenvalue weighted by atomic mass is 35.5. The van der Waals surface area contributed by atoms with E-state index in [1.807, 2.05) is 47.4 Å². The number of halogens is 1. The number of amides is 3. The van der Waals surface area contributed by atoms with Gasteiger partial charge in [-0.1, -0.05) is 41.9 Å². The molecule has 5 rings (SSSR count). The third kappa shape index (κ3) is 4.96. The summed E-state index contributed by atoms with van der Waals surface area (Å²) in [6.45, 7) is 1.39. The van der Waals surface area contributed by atoms with Gasteiger partial charge in [0.15, 0.2) is 6.17 Å². The van der Waals surface area contributed by atoms with E-state index in [4.69, 9.17) is 17.3 Å². The molecule has 0 saturated carbocycles. The summed E-state index contributed by atoms with van der Waals surface area (Å²) in [4.78, 5) is 49.0. The zero-order valence-electron chi connectivity index (χ0n) is 20.8. The molecule has 3 aromatic rings. The average molecular weight is 535 g/mol. The number of carbonyl (C=O) groups is 3. The van der Waals surface area contributed by atoms with E-state index in [1.54, 1.807) is 39.4 Å². The Morgan fingerprint density at radius 1 is 1.05 bits per heavy atom. The minimum Gasteiger partial charge on any atom is -0.366 e. The van der Waals surface area contributed by atoms with Crippen molar-refractivity contribution in [3.05, 3.63) is 84.3 Å². The van der Waals surface area contributed by atoms with Crippen LogP contribution in [-0.2, 0) is 27.3 Å². The lowest BCUT2D eigenvalue weighted by Crippen LogP contribution is -2.59. The number of carbonyl (C=O) groups excluding carboxylic acids is 3. The first kappa shape index (κ1) is 25.7. The van der Waals surface area contributed by atoms with E-state index in [-0.39, 0.29) is 18.4 Å². The number of anilines is 1. The Morgan fingerprint density at radius 3 is 2.39 bits per heavy atom. The number of hydrogen-bond acceptors (Lipinski definition) is 6. The summed E-state index contributed by atoms with van der Waals surface area (Å²) in [6.07, 6.45) is 4.94. The number of piperidine rings is 1. The van der Waals surface area contributed by atoms with Gasteiger partial charge in [-0.05, 0) is 49.1 Å². The van der Waals surface area contributed by atoms with Crippen molar-refractivity contribution in [1.82, 2.24) is 24.6 Å². The number of likely N-dealkylation sites (tertiary alicyclic amines) is 1. The van der Waals surface area contributed by atoms with Crippen molar-refractivity contribution in [3.8, 4) is 0 Å². The van der Waals surface area contributed by atoms with Gasteiger partial charge in [0.2, 0.25) is 5.91 Å². The molecule has 38 heavy (non-hydrogen) atoms. The molecule has 1 spiro atoms. The summed E-state index contributed by atoms with van der Waals surface area (Å²) in [6, 6.07) is 16.8. The number of primary amides is 1. The molecule has 197 valence electrons. The van der Waals surface area contributed by atoms with Crippen molar-refractivity contribution < 1.29 is 14.4 Å². The van der Waals surface area contributed by atoms with Gasteiger partial charge in [-0.2, -0.15) is 5.10 Å². The molecule has 1 aromatic heterocycles. The van der Waals surface area contributed by atoms with Crippen LogP contribution < -0.4 is 10.6 Å². The summed E-state index contributed by atoms with van der Waals surface area (Å²) in [7, 11) is 0. The second-order valence-corrected chi connectivity index (χ2v) is 9.97. The molecule has 2 fully saturated rings. The Hall–Kier alpha value is -3.92. The van der Waals surface area contributed by atoms with E-state index in [9.17, 15) is 14.4 Å². The van der Waals surface area contributed by atoms with Crippen molar-refractivity contribution in [2.24, 2.45) is 5.73 Å². The van der Waals surface area contributed by atoms with Gasteiger partial charge in [-0.25, -0.2) is 4.98 Å². The molecule has 11 heteroatoms. The van der Waals surface area contributed by atoms with Crippen LogP contribution >= 0.6 is 11.6 Å². The monoisotopic (exact) mass is 534 g/mol. The van der Waals surface area contributed by atoms with Crippen molar-refractivity contribution >= 4 is 35.0 Å². The predicted octanol–water partition coefficient (Wildman–Crippen LogP) is 1.90. The fraction of sp³-hybridized carbons (Fsp3) is 0.333. The van der Waals surface area contributed by atoms with Gasteiger partial charge in [-0.3, -0.25) is 19.1 Å². The third-order valence-corrected chi connectivity index (χ3v) is 7.57. The maximum absolute atomic E-state index is 14.1. The van der Waals surface area contributed by atoms with Gasteiger partial charge >= 0.3 is 0 Å². The van der Waals surface area contributed by atoms with Crippen LogP contribution in [-0.4, -0.2) is 73.6 Å². The Bertz CT molecular complexity index is 1280. The van der Waals surface area contributed by atoms with E-state index >= 15 is 0 Å². The van der Waals surface area contributed by atoms with Crippen molar-refractivity contribution in [1.29, 1.82) is 0 Å². The van der Waals surface area contributed by atoms with E-state index in [0.717, 1.165) is 11.3 Å². The normalized spacial score (nSPS) is 18.8. The molecule has 2 aliphatic rings. The minimum absolute atomic E-state index is 0.0824. The van der Waals surface area contributed by atoms with Crippen molar-refractivity contribution in [3.63, 3.8) is 0 Å². The van der Waals surface area contributed by atoms with Crippen LogP contribution in [0.5, 0.6) is 0 Å². The number of nitrogens with two attached hydrogens (primary N) is 1. The highest BCUT2D eigenvalue weighted by Gasteiger charge is 2.60. The molecule has 0 bridgehead atoms. The zero-order valence-corrected chi connectivity index (χ0v) is 21.6. The first-order valence-electron chi connectivity index (χ1n) is 12.5. The maximum atomic E-state index is 14.1. The van der Waals surface area contributed by atoms with Gasteiger partial charge < -0.3 is 20.4 Å². The van der Waals surface area contributed by atoms with E-state index < -0.39 is 17.6 Å². The topological polar surface area (TPSA) is 118 Å². The second-order valence-electron chi connectivity index (χ2n) is 9.53. The Kier molecular flexibility index (Phi) is 7.33. The number of benzene rings is 2. The molecular weight excluding hydrogens is 506 g/mol. The summed E-state index contributed by atoms with van der Waals surface area (Å²) < 4.78 is 1.61. The number of hydrogen-bond donors (Lipinski definition) is 1. The first-order valence-corrected chi connectivity index (χ1v) is 12.9. The van der Waals surface area contributed by atoms with Crippen molar-refractivity contribution in [2.75, 3.05) is 24.5 Å². The Labute approximate surface area is 226 Å². The molecule has 0 aliphatic carbocycles. The highest BCUT2D eigenvalue weighted by Crippen LogP contribution is 2.42.